The fourth-order valence-electron chi connectivity index (χ4n) is 2.40. The molecule has 1 fully saturated rings. The van der Waals surface area contributed by atoms with Crippen molar-refractivity contribution in [3.8, 4) is 17.6 Å². The number of ether oxygens (including phenoxy) is 2. The summed E-state index contributed by atoms with van der Waals surface area (Å²) in [6.45, 7) is 2.13. The highest BCUT2D eigenvalue weighted by Crippen LogP contribution is 2.32. The van der Waals surface area contributed by atoms with Crippen LogP contribution >= 0.6 is 0 Å². The molecule has 1 heterocycles. The second kappa shape index (κ2) is 8.16. The highest BCUT2D eigenvalue weighted by atomic mass is 16.5. The van der Waals surface area contributed by atoms with Crippen molar-refractivity contribution >= 4 is 0 Å². The molecular formula is C17H22O5. The molecule has 1 aromatic carbocycles. The maximum absolute atomic E-state index is 10.1. The van der Waals surface area contributed by atoms with Gasteiger partial charge in [0.05, 0.1) is 18.8 Å². The van der Waals surface area contributed by atoms with E-state index in [0.29, 0.717) is 12.4 Å². The Morgan fingerprint density at radius 2 is 1.95 bits per heavy atom. The van der Waals surface area contributed by atoms with E-state index in [-0.39, 0.29) is 13.0 Å². The van der Waals surface area contributed by atoms with Crippen LogP contribution in [0.4, 0.5) is 0 Å². The van der Waals surface area contributed by atoms with Crippen LogP contribution in [0.3, 0.4) is 0 Å². The molecule has 0 saturated carbocycles. The molecule has 3 N–H and O–H groups in total. The Bertz CT molecular complexity index is 516. The van der Waals surface area contributed by atoms with Gasteiger partial charge in [-0.3, -0.25) is 0 Å². The molecule has 4 atom stereocenters. The first-order valence-corrected chi connectivity index (χ1v) is 7.46. The lowest BCUT2D eigenvalue weighted by atomic mass is 9.93. The fraction of sp³-hybridized carbons (Fsp3) is 0.529. The third kappa shape index (κ3) is 4.21. The Morgan fingerprint density at radius 3 is 2.59 bits per heavy atom. The molecule has 0 bridgehead atoms. The van der Waals surface area contributed by atoms with E-state index < -0.39 is 24.4 Å². The van der Waals surface area contributed by atoms with Crippen molar-refractivity contribution in [3.05, 3.63) is 29.8 Å². The lowest BCUT2D eigenvalue weighted by Crippen LogP contribution is -2.44. The topological polar surface area (TPSA) is 79.2 Å². The van der Waals surface area contributed by atoms with Gasteiger partial charge in [-0.1, -0.05) is 25.0 Å². The molecule has 1 saturated heterocycles. The van der Waals surface area contributed by atoms with Gasteiger partial charge in [0.2, 0.25) is 0 Å². The Balaban J connectivity index is 2.02. The molecule has 5 nitrogen and oxygen atoms in total. The quantitative estimate of drug-likeness (QED) is 0.724. The molecule has 0 radical (unpaired) electrons. The molecule has 5 heteroatoms. The summed E-state index contributed by atoms with van der Waals surface area (Å²) in [5, 5.41) is 29.1. The molecular weight excluding hydrogens is 284 g/mol. The summed E-state index contributed by atoms with van der Waals surface area (Å²) < 4.78 is 11.1. The van der Waals surface area contributed by atoms with Crippen molar-refractivity contribution in [2.24, 2.45) is 0 Å². The monoisotopic (exact) mass is 306 g/mol. The lowest BCUT2D eigenvalue weighted by molar-refractivity contribution is -0.179. The fourth-order valence-corrected chi connectivity index (χ4v) is 2.40. The molecule has 1 unspecified atom stereocenters. The van der Waals surface area contributed by atoms with Gasteiger partial charge in [0.1, 0.15) is 24.6 Å². The van der Waals surface area contributed by atoms with Crippen LogP contribution in [0, 0.1) is 11.8 Å². The minimum Gasteiger partial charge on any atom is -0.481 e. The molecule has 1 aliphatic heterocycles. The van der Waals surface area contributed by atoms with E-state index in [9.17, 15) is 15.3 Å². The Morgan fingerprint density at radius 1 is 1.23 bits per heavy atom. The van der Waals surface area contributed by atoms with Crippen LogP contribution in [0.5, 0.6) is 5.75 Å². The van der Waals surface area contributed by atoms with Crippen molar-refractivity contribution in [1.29, 1.82) is 0 Å². The van der Waals surface area contributed by atoms with Gasteiger partial charge in [0.15, 0.2) is 0 Å². The number of hydrogen-bond acceptors (Lipinski definition) is 5. The lowest BCUT2D eigenvalue weighted by Gasteiger charge is -2.36. The van der Waals surface area contributed by atoms with Crippen LogP contribution in [0.15, 0.2) is 24.3 Å². The summed E-state index contributed by atoms with van der Waals surface area (Å²) in [5.74, 6) is 6.49. The zero-order chi connectivity index (χ0) is 15.9. The largest absolute Gasteiger partial charge is 0.481 e. The van der Waals surface area contributed by atoms with Crippen LogP contribution < -0.4 is 4.74 Å². The van der Waals surface area contributed by atoms with Crippen LogP contribution in [-0.4, -0.2) is 46.8 Å². The second-order valence-corrected chi connectivity index (χ2v) is 5.22. The van der Waals surface area contributed by atoms with Gasteiger partial charge in [0.25, 0.3) is 0 Å². The summed E-state index contributed by atoms with van der Waals surface area (Å²) in [5.41, 5.74) is 0.733. The third-order valence-electron chi connectivity index (χ3n) is 3.57. The van der Waals surface area contributed by atoms with Gasteiger partial charge in [0, 0.05) is 12.8 Å². The SMILES string of the molecule is CCC#CCOc1ccc(C2O[C@H](CO)C[C@H](O)[C@@H]2O)cc1. The van der Waals surface area contributed by atoms with Crippen molar-refractivity contribution in [2.45, 2.75) is 44.2 Å². The van der Waals surface area contributed by atoms with Crippen LogP contribution in [-0.2, 0) is 4.74 Å². The maximum atomic E-state index is 10.1. The number of rotatable bonds is 4. The Hall–Kier alpha value is -1.58. The smallest absolute Gasteiger partial charge is 0.149 e. The summed E-state index contributed by atoms with van der Waals surface area (Å²) in [7, 11) is 0. The minimum atomic E-state index is -1.01. The zero-order valence-corrected chi connectivity index (χ0v) is 12.6. The molecule has 1 aromatic rings. The van der Waals surface area contributed by atoms with Crippen molar-refractivity contribution in [1.82, 2.24) is 0 Å². The van der Waals surface area contributed by atoms with Gasteiger partial charge in [-0.15, -0.1) is 5.92 Å². The molecule has 2 rings (SSSR count). The first-order valence-electron chi connectivity index (χ1n) is 7.46. The van der Waals surface area contributed by atoms with E-state index in [2.05, 4.69) is 11.8 Å². The van der Waals surface area contributed by atoms with E-state index in [1.807, 2.05) is 6.92 Å². The van der Waals surface area contributed by atoms with Crippen LogP contribution in [0.1, 0.15) is 31.4 Å². The molecule has 0 spiro atoms. The van der Waals surface area contributed by atoms with Gasteiger partial charge in [-0.25, -0.2) is 0 Å². The van der Waals surface area contributed by atoms with Crippen LogP contribution in [0.25, 0.3) is 0 Å². The van der Waals surface area contributed by atoms with E-state index in [0.717, 1.165) is 12.0 Å². The van der Waals surface area contributed by atoms with E-state index >= 15 is 0 Å². The number of aliphatic hydroxyl groups is 3. The zero-order valence-electron chi connectivity index (χ0n) is 12.6. The summed E-state index contributed by atoms with van der Waals surface area (Å²) in [4.78, 5) is 0. The summed E-state index contributed by atoms with van der Waals surface area (Å²) >= 11 is 0. The number of hydrogen-bond donors (Lipinski definition) is 3. The van der Waals surface area contributed by atoms with Crippen LogP contribution in [0.2, 0.25) is 0 Å². The highest BCUT2D eigenvalue weighted by molar-refractivity contribution is 5.30. The summed E-state index contributed by atoms with van der Waals surface area (Å²) in [6, 6.07) is 7.11. The van der Waals surface area contributed by atoms with Crippen molar-refractivity contribution in [3.63, 3.8) is 0 Å². The number of benzene rings is 1. The van der Waals surface area contributed by atoms with Gasteiger partial charge < -0.3 is 24.8 Å². The average Bonchev–Trinajstić information content (AvgIpc) is 2.55. The molecule has 0 aliphatic carbocycles. The first kappa shape index (κ1) is 16.8. The molecule has 0 aromatic heterocycles. The van der Waals surface area contributed by atoms with Gasteiger partial charge >= 0.3 is 0 Å². The number of aliphatic hydroxyl groups excluding tert-OH is 3. The van der Waals surface area contributed by atoms with E-state index in [1.54, 1.807) is 24.3 Å². The average molecular weight is 306 g/mol. The maximum Gasteiger partial charge on any atom is 0.149 e. The molecule has 22 heavy (non-hydrogen) atoms. The Labute approximate surface area is 130 Å². The molecule has 1 aliphatic rings. The van der Waals surface area contributed by atoms with E-state index in [4.69, 9.17) is 9.47 Å². The van der Waals surface area contributed by atoms with Gasteiger partial charge in [-0.2, -0.15) is 0 Å². The predicted molar refractivity (Wildman–Crippen MR) is 81.3 cm³/mol. The van der Waals surface area contributed by atoms with Gasteiger partial charge in [-0.05, 0) is 17.7 Å². The highest BCUT2D eigenvalue weighted by Gasteiger charge is 2.37. The molecule has 0 amide bonds. The Kier molecular flexibility index (Phi) is 6.22. The minimum absolute atomic E-state index is 0.183. The third-order valence-corrected chi connectivity index (χ3v) is 3.57. The standard InChI is InChI=1S/C17H22O5/c1-2-3-4-9-21-13-7-5-12(6-8-13)17-16(20)15(19)10-14(11-18)22-17/h5-8,14-20H,2,9-11H2,1H3/t14-,15-,16-,17?/m0/s1. The molecule has 120 valence electrons. The van der Waals surface area contributed by atoms with Crippen molar-refractivity contribution in [2.75, 3.05) is 13.2 Å². The normalized spacial score (nSPS) is 27.8. The summed E-state index contributed by atoms with van der Waals surface area (Å²) in [6.07, 6.45) is -2.02. The first-order chi connectivity index (χ1) is 10.7. The second-order valence-electron chi connectivity index (χ2n) is 5.22. The predicted octanol–water partition coefficient (Wildman–Crippen LogP) is 1.02. The van der Waals surface area contributed by atoms with Crippen molar-refractivity contribution < 1.29 is 24.8 Å². The van der Waals surface area contributed by atoms with E-state index in [1.165, 1.54) is 0 Å².